The van der Waals surface area contributed by atoms with Crippen molar-refractivity contribution in [1.82, 2.24) is 10.6 Å². The van der Waals surface area contributed by atoms with Crippen molar-refractivity contribution in [2.24, 2.45) is 0 Å². The standard InChI is InChI=1S/C20H20N2O4/c1-2-25-19(23)17-16(13-26-15-11-7-4-8-12-15)21-20(24)22-18(17)14-9-5-3-6-10-14/h3-12,18H,2,13H2,1H3,(H2,21,22,24)/t18-/m0/s1. The number of hydrogen-bond acceptors (Lipinski definition) is 4. The fraction of sp³-hybridized carbons (Fsp3) is 0.200. The maximum absolute atomic E-state index is 12.6. The second-order valence-corrected chi connectivity index (χ2v) is 5.66. The first-order valence-corrected chi connectivity index (χ1v) is 8.39. The van der Waals surface area contributed by atoms with Gasteiger partial charge in [-0.25, -0.2) is 9.59 Å². The molecule has 2 aromatic rings. The van der Waals surface area contributed by atoms with Crippen LogP contribution in [-0.2, 0) is 9.53 Å². The average molecular weight is 352 g/mol. The molecule has 1 aliphatic rings. The quantitative estimate of drug-likeness (QED) is 0.784. The normalized spacial score (nSPS) is 16.5. The lowest BCUT2D eigenvalue weighted by molar-refractivity contribution is -0.139. The molecule has 0 saturated heterocycles. The number of esters is 1. The largest absolute Gasteiger partial charge is 0.487 e. The Labute approximate surface area is 151 Å². The molecule has 0 radical (unpaired) electrons. The fourth-order valence-electron chi connectivity index (χ4n) is 2.75. The maximum atomic E-state index is 12.6. The Morgan fingerprint density at radius 2 is 1.69 bits per heavy atom. The zero-order valence-electron chi connectivity index (χ0n) is 14.4. The number of carbonyl (C=O) groups excluding carboxylic acids is 2. The first kappa shape index (κ1) is 17.5. The average Bonchev–Trinajstić information content (AvgIpc) is 2.67. The SMILES string of the molecule is CCOC(=O)C1=C(COc2ccccc2)NC(=O)N[C@H]1c1ccccc1. The summed E-state index contributed by atoms with van der Waals surface area (Å²) in [6.45, 7) is 2.03. The number of ether oxygens (including phenoxy) is 2. The first-order valence-electron chi connectivity index (χ1n) is 8.39. The molecule has 6 nitrogen and oxygen atoms in total. The maximum Gasteiger partial charge on any atom is 0.338 e. The molecule has 0 saturated carbocycles. The van der Waals surface area contributed by atoms with E-state index >= 15 is 0 Å². The van der Waals surface area contributed by atoms with Crippen LogP contribution in [0.25, 0.3) is 0 Å². The van der Waals surface area contributed by atoms with Gasteiger partial charge in [-0.1, -0.05) is 48.5 Å². The molecular weight excluding hydrogens is 332 g/mol. The monoisotopic (exact) mass is 352 g/mol. The van der Waals surface area contributed by atoms with Crippen LogP contribution < -0.4 is 15.4 Å². The van der Waals surface area contributed by atoms with Gasteiger partial charge in [0.25, 0.3) is 0 Å². The highest BCUT2D eigenvalue weighted by molar-refractivity contribution is 5.95. The van der Waals surface area contributed by atoms with E-state index in [0.717, 1.165) is 5.56 Å². The van der Waals surface area contributed by atoms with E-state index in [4.69, 9.17) is 9.47 Å². The van der Waals surface area contributed by atoms with E-state index in [9.17, 15) is 9.59 Å². The topological polar surface area (TPSA) is 76.7 Å². The van der Waals surface area contributed by atoms with Gasteiger partial charge < -0.3 is 20.1 Å². The van der Waals surface area contributed by atoms with Crippen molar-refractivity contribution in [1.29, 1.82) is 0 Å². The Hall–Kier alpha value is -3.28. The van der Waals surface area contributed by atoms with Crippen molar-refractivity contribution in [3.8, 4) is 5.75 Å². The minimum atomic E-state index is -0.599. The van der Waals surface area contributed by atoms with Crippen molar-refractivity contribution in [3.05, 3.63) is 77.5 Å². The van der Waals surface area contributed by atoms with Gasteiger partial charge in [-0.3, -0.25) is 0 Å². The Morgan fingerprint density at radius 1 is 1.04 bits per heavy atom. The number of rotatable bonds is 6. The molecule has 0 spiro atoms. The van der Waals surface area contributed by atoms with Crippen LogP contribution in [0.1, 0.15) is 18.5 Å². The second-order valence-electron chi connectivity index (χ2n) is 5.66. The van der Waals surface area contributed by atoms with Crippen LogP contribution >= 0.6 is 0 Å². The predicted octanol–water partition coefficient (Wildman–Crippen LogP) is 2.94. The van der Waals surface area contributed by atoms with Crippen molar-refractivity contribution in [3.63, 3.8) is 0 Å². The number of para-hydroxylation sites is 1. The van der Waals surface area contributed by atoms with E-state index in [-0.39, 0.29) is 13.2 Å². The first-order chi connectivity index (χ1) is 12.7. The zero-order valence-corrected chi connectivity index (χ0v) is 14.4. The number of carbonyl (C=O) groups is 2. The fourth-order valence-corrected chi connectivity index (χ4v) is 2.75. The summed E-state index contributed by atoms with van der Waals surface area (Å²) in [7, 11) is 0. The lowest BCUT2D eigenvalue weighted by atomic mass is 9.95. The van der Waals surface area contributed by atoms with Gasteiger partial charge in [0, 0.05) is 0 Å². The summed E-state index contributed by atoms with van der Waals surface area (Å²) in [4.78, 5) is 24.7. The van der Waals surface area contributed by atoms with Crippen LogP contribution in [0.5, 0.6) is 5.75 Å². The summed E-state index contributed by atoms with van der Waals surface area (Å²) in [5, 5.41) is 5.47. The Balaban J connectivity index is 1.95. The predicted molar refractivity (Wildman–Crippen MR) is 96.4 cm³/mol. The lowest BCUT2D eigenvalue weighted by Gasteiger charge is -2.29. The minimum Gasteiger partial charge on any atom is -0.487 e. The van der Waals surface area contributed by atoms with Crippen LogP contribution in [0.4, 0.5) is 4.79 Å². The van der Waals surface area contributed by atoms with E-state index in [1.807, 2.05) is 60.7 Å². The number of nitrogens with one attached hydrogen (secondary N) is 2. The number of hydrogen-bond donors (Lipinski definition) is 2. The molecule has 2 amide bonds. The van der Waals surface area contributed by atoms with Gasteiger partial charge in [0.2, 0.25) is 0 Å². The third-order valence-electron chi connectivity index (χ3n) is 3.91. The van der Waals surface area contributed by atoms with Gasteiger partial charge in [-0.2, -0.15) is 0 Å². The van der Waals surface area contributed by atoms with Crippen molar-refractivity contribution < 1.29 is 19.1 Å². The lowest BCUT2D eigenvalue weighted by Crippen LogP contribution is -2.47. The van der Waals surface area contributed by atoms with Crippen LogP contribution in [-0.4, -0.2) is 25.2 Å². The molecule has 1 heterocycles. The molecule has 26 heavy (non-hydrogen) atoms. The van der Waals surface area contributed by atoms with E-state index < -0.39 is 18.0 Å². The number of urea groups is 1. The van der Waals surface area contributed by atoms with Gasteiger partial charge in [0.15, 0.2) is 0 Å². The molecule has 6 heteroatoms. The minimum absolute atomic E-state index is 0.0505. The third-order valence-corrected chi connectivity index (χ3v) is 3.91. The van der Waals surface area contributed by atoms with Gasteiger partial charge >= 0.3 is 12.0 Å². The molecule has 134 valence electrons. The highest BCUT2D eigenvalue weighted by atomic mass is 16.5. The van der Waals surface area contributed by atoms with Crippen LogP contribution in [0.15, 0.2) is 71.9 Å². The molecule has 0 aromatic heterocycles. The summed E-state index contributed by atoms with van der Waals surface area (Å²) in [5.74, 6) is 0.160. The summed E-state index contributed by atoms with van der Waals surface area (Å²) in [6, 6.07) is 17.5. The summed E-state index contributed by atoms with van der Waals surface area (Å²) < 4.78 is 10.9. The van der Waals surface area contributed by atoms with Crippen LogP contribution in [0, 0.1) is 0 Å². The number of amides is 2. The van der Waals surface area contributed by atoms with E-state index in [0.29, 0.717) is 17.0 Å². The summed E-state index contributed by atoms with van der Waals surface area (Å²) in [6.07, 6.45) is 0. The van der Waals surface area contributed by atoms with Crippen molar-refractivity contribution in [2.45, 2.75) is 13.0 Å². The molecule has 1 atom stereocenters. The number of benzene rings is 2. The Kier molecular flexibility index (Phi) is 5.53. The molecule has 3 rings (SSSR count). The van der Waals surface area contributed by atoms with Gasteiger partial charge in [0.05, 0.1) is 23.9 Å². The molecular formula is C20H20N2O4. The summed E-state index contributed by atoms with van der Waals surface area (Å²) in [5.41, 5.74) is 1.53. The Morgan fingerprint density at radius 3 is 2.35 bits per heavy atom. The van der Waals surface area contributed by atoms with Crippen molar-refractivity contribution >= 4 is 12.0 Å². The summed E-state index contributed by atoms with van der Waals surface area (Å²) >= 11 is 0. The molecule has 1 aliphatic heterocycles. The van der Waals surface area contributed by atoms with Crippen LogP contribution in [0.2, 0.25) is 0 Å². The molecule has 0 aliphatic carbocycles. The molecule has 2 N–H and O–H groups in total. The molecule has 0 bridgehead atoms. The van der Waals surface area contributed by atoms with E-state index in [1.54, 1.807) is 6.92 Å². The molecule has 0 unspecified atom stereocenters. The van der Waals surface area contributed by atoms with E-state index in [1.165, 1.54) is 0 Å². The highest BCUT2D eigenvalue weighted by Gasteiger charge is 2.33. The van der Waals surface area contributed by atoms with Gasteiger partial charge in [-0.05, 0) is 24.6 Å². The van der Waals surface area contributed by atoms with E-state index in [2.05, 4.69) is 10.6 Å². The third kappa shape index (κ3) is 4.03. The molecule has 2 aromatic carbocycles. The second kappa shape index (κ2) is 8.20. The van der Waals surface area contributed by atoms with Gasteiger partial charge in [0.1, 0.15) is 12.4 Å². The highest BCUT2D eigenvalue weighted by Crippen LogP contribution is 2.28. The van der Waals surface area contributed by atoms with Gasteiger partial charge in [-0.15, -0.1) is 0 Å². The zero-order chi connectivity index (χ0) is 18.4. The smallest absolute Gasteiger partial charge is 0.338 e. The van der Waals surface area contributed by atoms with Crippen LogP contribution in [0.3, 0.4) is 0 Å². The molecule has 0 fully saturated rings. The van der Waals surface area contributed by atoms with Crippen molar-refractivity contribution in [2.75, 3.05) is 13.2 Å². The Bertz CT molecular complexity index is 803.